The molecule has 0 spiro atoms. The molecule has 0 radical (unpaired) electrons. The molecule has 0 aliphatic carbocycles. The summed E-state index contributed by atoms with van der Waals surface area (Å²) in [4.78, 5) is 7.34. The van der Waals surface area contributed by atoms with Crippen molar-refractivity contribution in [3.63, 3.8) is 0 Å². The van der Waals surface area contributed by atoms with Crippen molar-refractivity contribution in [1.29, 1.82) is 0 Å². The lowest BCUT2D eigenvalue weighted by Crippen LogP contribution is -1.85. The first kappa shape index (κ1) is 10.7. The van der Waals surface area contributed by atoms with Gasteiger partial charge in [-0.25, -0.2) is 4.98 Å². The van der Waals surface area contributed by atoms with Gasteiger partial charge in [-0.1, -0.05) is 0 Å². The maximum Gasteiger partial charge on any atom is 0.132 e. The van der Waals surface area contributed by atoms with E-state index in [1.807, 2.05) is 31.2 Å². The summed E-state index contributed by atoms with van der Waals surface area (Å²) in [6.45, 7) is 1.86. The molecule has 0 bridgehead atoms. The van der Waals surface area contributed by atoms with Crippen LogP contribution in [0, 0.1) is 6.92 Å². The van der Waals surface area contributed by atoms with Gasteiger partial charge in [0.1, 0.15) is 18.2 Å². The van der Waals surface area contributed by atoms with Gasteiger partial charge in [0.2, 0.25) is 0 Å². The Balaban J connectivity index is 2.38. The third-order valence-electron chi connectivity index (χ3n) is 2.45. The molecule has 0 amide bonds. The average molecular weight is 218 g/mol. The second-order valence-corrected chi connectivity index (χ2v) is 3.54. The molecule has 0 aliphatic rings. The number of hydrogen-bond acceptors (Lipinski definition) is 3. The van der Waals surface area contributed by atoms with Crippen LogP contribution in [-0.4, -0.2) is 22.2 Å². The number of benzene rings is 1. The predicted octanol–water partition coefficient (Wildman–Crippen LogP) is 1.89. The van der Waals surface area contributed by atoms with E-state index in [0.29, 0.717) is 5.82 Å². The fourth-order valence-electron chi connectivity index (χ4n) is 1.63. The summed E-state index contributed by atoms with van der Waals surface area (Å²) in [6, 6.07) is 7.68. The Morgan fingerprint density at radius 1 is 1.31 bits per heavy atom. The fourth-order valence-corrected chi connectivity index (χ4v) is 1.63. The van der Waals surface area contributed by atoms with E-state index in [9.17, 15) is 0 Å². The number of aliphatic hydroxyl groups excluding tert-OH is 1. The summed E-state index contributed by atoms with van der Waals surface area (Å²) in [5.41, 5.74) is 2.83. The maximum absolute atomic E-state index is 8.99. The zero-order valence-corrected chi connectivity index (χ0v) is 9.32. The number of rotatable bonds is 3. The number of H-pyrrole nitrogens is 1. The van der Waals surface area contributed by atoms with Gasteiger partial charge in [-0.05, 0) is 31.2 Å². The number of aromatic amines is 1. The molecule has 1 aromatic heterocycles. The Bertz CT molecular complexity index is 474. The highest BCUT2D eigenvalue weighted by atomic mass is 16.5. The number of ether oxygens (including phenoxy) is 1. The van der Waals surface area contributed by atoms with Crippen LogP contribution < -0.4 is 4.74 Å². The normalized spacial score (nSPS) is 10.4. The predicted molar refractivity (Wildman–Crippen MR) is 61.2 cm³/mol. The van der Waals surface area contributed by atoms with Crippen LogP contribution >= 0.6 is 0 Å². The summed E-state index contributed by atoms with van der Waals surface area (Å²) >= 11 is 0. The van der Waals surface area contributed by atoms with Crippen molar-refractivity contribution in [2.45, 2.75) is 13.5 Å². The van der Waals surface area contributed by atoms with Crippen LogP contribution in [0.4, 0.5) is 0 Å². The van der Waals surface area contributed by atoms with Crippen molar-refractivity contribution >= 4 is 0 Å². The van der Waals surface area contributed by atoms with E-state index in [-0.39, 0.29) is 6.61 Å². The Hall–Kier alpha value is -1.81. The van der Waals surface area contributed by atoms with Crippen molar-refractivity contribution in [2.24, 2.45) is 0 Å². The Morgan fingerprint density at radius 3 is 2.50 bits per heavy atom. The Labute approximate surface area is 93.9 Å². The van der Waals surface area contributed by atoms with Crippen LogP contribution in [0.3, 0.4) is 0 Å². The standard InChI is InChI=1S/C12H14N2O2/c1-8-12(14-11(7-15)13-8)9-3-5-10(16-2)6-4-9/h3-6,15H,7H2,1-2H3,(H,13,14). The number of aromatic nitrogens is 2. The zero-order chi connectivity index (χ0) is 11.5. The van der Waals surface area contributed by atoms with Gasteiger partial charge < -0.3 is 14.8 Å². The molecule has 2 aromatic rings. The van der Waals surface area contributed by atoms with Crippen molar-refractivity contribution in [3.05, 3.63) is 35.8 Å². The van der Waals surface area contributed by atoms with E-state index in [4.69, 9.17) is 9.84 Å². The molecule has 1 aromatic carbocycles. The number of hydrogen-bond donors (Lipinski definition) is 2. The van der Waals surface area contributed by atoms with Crippen LogP contribution in [0.5, 0.6) is 5.75 Å². The van der Waals surface area contributed by atoms with E-state index < -0.39 is 0 Å². The number of aryl methyl sites for hydroxylation is 1. The summed E-state index contributed by atoms with van der Waals surface area (Å²) in [5, 5.41) is 8.99. The van der Waals surface area contributed by atoms with Gasteiger partial charge in [0, 0.05) is 11.3 Å². The molecule has 0 saturated carbocycles. The number of aliphatic hydroxyl groups is 1. The molecular weight excluding hydrogens is 204 g/mol. The maximum atomic E-state index is 8.99. The number of nitrogens with one attached hydrogen (secondary N) is 1. The third kappa shape index (κ3) is 1.92. The molecule has 0 atom stereocenters. The lowest BCUT2D eigenvalue weighted by Gasteiger charge is -2.01. The SMILES string of the molecule is COc1ccc(-c2nc(CO)[nH]c2C)cc1. The Kier molecular flexibility index (Phi) is 2.92. The molecular formula is C12H14N2O2. The first-order chi connectivity index (χ1) is 7.74. The average Bonchev–Trinajstić information content (AvgIpc) is 2.71. The highest BCUT2D eigenvalue weighted by Crippen LogP contribution is 2.23. The highest BCUT2D eigenvalue weighted by molar-refractivity contribution is 5.62. The van der Waals surface area contributed by atoms with Crippen molar-refractivity contribution in [3.8, 4) is 17.0 Å². The molecule has 0 saturated heterocycles. The first-order valence-electron chi connectivity index (χ1n) is 5.05. The van der Waals surface area contributed by atoms with E-state index >= 15 is 0 Å². The molecule has 0 unspecified atom stereocenters. The quantitative estimate of drug-likeness (QED) is 0.827. The molecule has 2 N–H and O–H groups in total. The lowest BCUT2D eigenvalue weighted by molar-refractivity contribution is 0.272. The monoisotopic (exact) mass is 218 g/mol. The first-order valence-corrected chi connectivity index (χ1v) is 5.05. The smallest absolute Gasteiger partial charge is 0.132 e. The van der Waals surface area contributed by atoms with Crippen molar-refractivity contribution in [1.82, 2.24) is 9.97 Å². The molecule has 2 rings (SSSR count). The van der Waals surface area contributed by atoms with Crippen molar-refractivity contribution < 1.29 is 9.84 Å². The molecule has 4 heteroatoms. The molecule has 1 heterocycles. The van der Waals surface area contributed by atoms with Crippen LogP contribution in [0.25, 0.3) is 11.3 Å². The lowest BCUT2D eigenvalue weighted by atomic mass is 10.1. The fraction of sp³-hybridized carbons (Fsp3) is 0.250. The van der Waals surface area contributed by atoms with Crippen LogP contribution in [0.1, 0.15) is 11.5 Å². The molecule has 4 nitrogen and oxygen atoms in total. The summed E-state index contributed by atoms with van der Waals surface area (Å²) in [7, 11) is 1.64. The molecule has 0 fully saturated rings. The topological polar surface area (TPSA) is 58.1 Å². The number of methoxy groups -OCH3 is 1. The second-order valence-electron chi connectivity index (χ2n) is 3.54. The van der Waals surface area contributed by atoms with Gasteiger partial charge in [-0.2, -0.15) is 0 Å². The van der Waals surface area contributed by atoms with Crippen LogP contribution in [0.2, 0.25) is 0 Å². The summed E-state index contributed by atoms with van der Waals surface area (Å²) in [6.07, 6.45) is 0. The third-order valence-corrected chi connectivity index (χ3v) is 2.45. The van der Waals surface area contributed by atoms with Gasteiger partial charge in [0.15, 0.2) is 0 Å². The van der Waals surface area contributed by atoms with E-state index in [1.165, 1.54) is 0 Å². The van der Waals surface area contributed by atoms with Gasteiger partial charge in [0.25, 0.3) is 0 Å². The largest absolute Gasteiger partial charge is 0.497 e. The molecule has 16 heavy (non-hydrogen) atoms. The number of nitrogens with zero attached hydrogens (tertiary/aromatic N) is 1. The summed E-state index contributed by atoms with van der Waals surface area (Å²) in [5.74, 6) is 1.41. The minimum atomic E-state index is -0.0724. The minimum Gasteiger partial charge on any atom is -0.497 e. The van der Waals surface area contributed by atoms with Gasteiger partial charge in [0.05, 0.1) is 12.8 Å². The molecule has 84 valence electrons. The van der Waals surface area contributed by atoms with E-state index in [2.05, 4.69) is 9.97 Å². The minimum absolute atomic E-state index is 0.0724. The number of imidazole rings is 1. The van der Waals surface area contributed by atoms with Crippen LogP contribution in [-0.2, 0) is 6.61 Å². The zero-order valence-electron chi connectivity index (χ0n) is 9.32. The van der Waals surface area contributed by atoms with Gasteiger partial charge in [-0.15, -0.1) is 0 Å². The van der Waals surface area contributed by atoms with Crippen molar-refractivity contribution in [2.75, 3.05) is 7.11 Å². The van der Waals surface area contributed by atoms with Gasteiger partial charge in [-0.3, -0.25) is 0 Å². The van der Waals surface area contributed by atoms with Gasteiger partial charge >= 0.3 is 0 Å². The second kappa shape index (κ2) is 4.37. The summed E-state index contributed by atoms with van der Waals surface area (Å²) < 4.78 is 5.09. The Morgan fingerprint density at radius 2 is 2.00 bits per heavy atom. The van der Waals surface area contributed by atoms with E-state index in [1.54, 1.807) is 7.11 Å². The molecule has 0 aliphatic heterocycles. The highest BCUT2D eigenvalue weighted by Gasteiger charge is 2.08. The van der Waals surface area contributed by atoms with Crippen LogP contribution in [0.15, 0.2) is 24.3 Å². The van der Waals surface area contributed by atoms with E-state index in [0.717, 1.165) is 22.7 Å².